The van der Waals surface area contributed by atoms with Crippen molar-refractivity contribution in [1.29, 1.82) is 0 Å². The van der Waals surface area contributed by atoms with Crippen molar-refractivity contribution in [3.63, 3.8) is 0 Å². The van der Waals surface area contributed by atoms with Gasteiger partial charge in [0.1, 0.15) is 5.82 Å². The maximum Gasteiger partial charge on any atom is 0.265 e. The van der Waals surface area contributed by atoms with Crippen LogP contribution in [0.25, 0.3) is 5.65 Å². The molecule has 2 heterocycles. The topological polar surface area (TPSA) is 60.7 Å². The Hall–Kier alpha value is -2.76. The summed E-state index contributed by atoms with van der Waals surface area (Å²) >= 11 is 0. The number of hydrogen-bond acceptors (Lipinski definition) is 5. The van der Waals surface area contributed by atoms with Crippen LogP contribution < -0.4 is 14.8 Å². The second-order valence-electron chi connectivity index (χ2n) is 4.60. The number of imidazole rings is 1. The van der Waals surface area contributed by atoms with Gasteiger partial charge in [-0.3, -0.25) is 4.40 Å². The van der Waals surface area contributed by atoms with Crippen LogP contribution in [0, 0.1) is 6.92 Å². The van der Waals surface area contributed by atoms with Gasteiger partial charge in [0.05, 0.1) is 13.3 Å². The summed E-state index contributed by atoms with van der Waals surface area (Å²) in [6.45, 7) is 2.00. The molecule has 0 spiro atoms. The van der Waals surface area contributed by atoms with Crippen molar-refractivity contribution < 1.29 is 9.47 Å². The summed E-state index contributed by atoms with van der Waals surface area (Å²) in [5.41, 5.74) is 1.75. The van der Waals surface area contributed by atoms with E-state index in [1.54, 1.807) is 20.4 Å². The monoisotopic (exact) mass is 284 g/mol. The summed E-state index contributed by atoms with van der Waals surface area (Å²) in [6.07, 6.45) is 5.40. The van der Waals surface area contributed by atoms with Gasteiger partial charge in [-0.15, -0.1) is 0 Å². The van der Waals surface area contributed by atoms with Crippen molar-refractivity contribution >= 4 is 11.5 Å². The number of fused-ring (bicyclic) bond motifs is 1. The Kier molecular flexibility index (Phi) is 3.35. The Labute approximate surface area is 122 Å². The molecule has 108 valence electrons. The van der Waals surface area contributed by atoms with E-state index in [-0.39, 0.29) is 0 Å². The fraction of sp³-hybridized carbons (Fsp3) is 0.200. The van der Waals surface area contributed by atoms with Crippen molar-refractivity contribution in [2.75, 3.05) is 19.5 Å². The van der Waals surface area contributed by atoms with E-state index in [9.17, 15) is 0 Å². The normalized spacial score (nSPS) is 10.6. The van der Waals surface area contributed by atoms with Crippen LogP contribution >= 0.6 is 0 Å². The number of rotatable bonds is 4. The second kappa shape index (κ2) is 5.32. The van der Waals surface area contributed by atoms with E-state index in [1.807, 2.05) is 41.9 Å². The Morgan fingerprint density at radius 2 is 2.10 bits per heavy atom. The van der Waals surface area contributed by atoms with E-state index < -0.39 is 0 Å². The van der Waals surface area contributed by atoms with Gasteiger partial charge in [-0.25, -0.2) is 4.98 Å². The second-order valence-corrected chi connectivity index (χ2v) is 4.60. The molecule has 2 aromatic heterocycles. The minimum absolute atomic E-state index is 0.425. The lowest BCUT2D eigenvalue weighted by molar-refractivity contribution is 0.375. The number of ether oxygens (including phenoxy) is 2. The highest BCUT2D eigenvalue weighted by Gasteiger charge is 2.12. The summed E-state index contributed by atoms with van der Waals surface area (Å²) in [5, 5.41) is 3.00. The van der Waals surface area contributed by atoms with Gasteiger partial charge in [-0.1, -0.05) is 6.07 Å². The summed E-state index contributed by atoms with van der Waals surface area (Å²) < 4.78 is 13.1. The summed E-state index contributed by atoms with van der Waals surface area (Å²) in [4.78, 5) is 8.68. The SMILES string of the molecule is CNc1cn2ccnc2c(Oc2ccc(C)cc2OC)n1. The van der Waals surface area contributed by atoms with Crippen LogP contribution in [0.2, 0.25) is 0 Å². The lowest BCUT2D eigenvalue weighted by Crippen LogP contribution is -2.00. The first-order valence-electron chi connectivity index (χ1n) is 6.55. The number of benzene rings is 1. The lowest BCUT2D eigenvalue weighted by atomic mass is 10.2. The fourth-order valence-corrected chi connectivity index (χ4v) is 2.06. The van der Waals surface area contributed by atoms with Crippen LogP contribution in [0.1, 0.15) is 5.56 Å². The highest BCUT2D eigenvalue weighted by molar-refractivity contribution is 5.56. The van der Waals surface area contributed by atoms with Crippen molar-refractivity contribution in [3.8, 4) is 17.4 Å². The van der Waals surface area contributed by atoms with Gasteiger partial charge in [-0.2, -0.15) is 4.98 Å². The third-order valence-electron chi connectivity index (χ3n) is 3.13. The molecular formula is C15H16N4O2. The maximum absolute atomic E-state index is 5.91. The molecule has 1 aromatic carbocycles. The van der Waals surface area contributed by atoms with Crippen molar-refractivity contribution in [3.05, 3.63) is 42.4 Å². The molecule has 0 atom stereocenters. The Morgan fingerprint density at radius 1 is 1.24 bits per heavy atom. The van der Waals surface area contributed by atoms with E-state index >= 15 is 0 Å². The van der Waals surface area contributed by atoms with Crippen LogP contribution in [0.15, 0.2) is 36.8 Å². The van der Waals surface area contributed by atoms with Crippen molar-refractivity contribution in [2.45, 2.75) is 6.92 Å². The number of nitrogens with zero attached hydrogens (tertiary/aromatic N) is 3. The molecular weight excluding hydrogens is 268 g/mol. The van der Waals surface area contributed by atoms with E-state index in [4.69, 9.17) is 9.47 Å². The molecule has 0 aliphatic rings. The van der Waals surface area contributed by atoms with Crippen molar-refractivity contribution in [2.24, 2.45) is 0 Å². The summed E-state index contributed by atoms with van der Waals surface area (Å²) in [7, 11) is 3.42. The smallest absolute Gasteiger partial charge is 0.265 e. The number of anilines is 1. The Morgan fingerprint density at radius 3 is 2.86 bits per heavy atom. The Bertz CT molecular complexity index is 782. The minimum atomic E-state index is 0.425. The van der Waals surface area contributed by atoms with Crippen LogP contribution in [-0.4, -0.2) is 28.5 Å². The van der Waals surface area contributed by atoms with Crippen molar-refractivity contribution in [1.82, 2.24) is 14.4 Å². The molecule has 0 amide bonds. The molecule has 0 saturated carbocycles. The molecule has 0 aliphatic carbocycles. The first kappa shape index (κ1) is 13.2. The largest absolute Gasteiger partial charge is 0.493 e. The molecule has 0 aliphatic heterocycles. The van der Waals surface area contributed by atoms with Gasteiger partial charge in [0, 0.05) is 19.4 Å². The predicted molar refractivity (Wildman–Crippen MR) is 80.3 cm³/mol. The van der Waals surface area contributed by atoms with Gasteiger partial charge >= 0.3 is 0 Å². The zero-order chi connectivity index (χ0) is 14.8. The molecule has 0 radical (unpaired) electrons. The summed E-state index contributed by atoms with van der Waals surface area (Å²) in [5.74, 6) is 2.39. The van der Waals surface area contributed by atoms with Gasteiger partial charge in [0.2, 0.25) is 5.65 Å². The molecule has 0 bridgehead atoms. The van der Waals surface area contributed by atoms with Gasteiger partial charge in [0.15, 0.2) is 11.5 Å². The molecule has 0 unspecified atom stereocenters. The standard InChI is InChI=1S/C15H16N4O2/c1-10-4-5-11(12(8-10)20-3)21-15-14-17-6-7-19(14)9-13(16-2)18-15/h4-9,16H,1-3H3. The van der Waals surface area contributed by atoms with Gasteiger partial charge in [0.25, 0.3) is 5.88 Å². The number of nitrogens with one attached hydrogen (secondary N) is 1. The molecule has 0 fully saturated rings. The van der Waals surface area contributed by atoms with E-state index in [0.29, 0.717) is 28.8 Å². The average Bonchev–Trinajstić information content (AvgIpc) is 2.97. The van der Waals surface area contributed by atoms with Crippen LogP contribution in [-0.2, 0) is 0 Å². The van der Waals surface area contributed by atoms with E-state index in [2.05, 4.69) is 15.3 Å². The predicted octanol–water partition coefficient (Wildman–Crippen LogP) is 2.88. The Balaban J connectivity index is 2.07. The summed E-state index contributed by atoms with van der Waals surface area (Å²) in [6, 6.07) is 5.74. The molecule has 1 N–H and O–H groups in total. The molecule has 21 heavy (non-hydrogen) atoms. The van der Waals surface area contributed by atoms with E-state index in [0.717, 1.165) is 5.56 Å². The highest BCUT2D eigenvalue weighted by Crippen LogP contribution is 2.33. The molecule has 6 nitrogen and oxygen atoms in total. The molecule has 0 saturated heterocycles. The average molecular weight is 284 g/mol. The number of aryl methyl sites for hydroxylation is 1. The van der Waals surface area contributed by atoms with Crippen LogP contribution in [0.5, 0.6) is 17.4 Å². The first-order valence-corrected chi connectivity index (χ1v) is 6.55. The molecule has 3 rings (SSSR count). The quantitative estimate of drug-likeness (QED) is 0.798. The van der Waals surface area contributed by atoms with E-state index in [1.165, 1.54) is 0 Å². The van der Waals surface area contributed by atoms with Gasteiger partial charge < -0.3 is 14.8 Å². The number of aromatic nitrogens is 3. The van der Waals surface area contributed by atoms with Crippen LogP contribution in [0.4, 0.5) is 5.82 Å². The maximum atomic E-state index is 5.91. The minimum Gasteiger partial charge on any atom is -0.493 e. The fourth-order valence-electron chi connectivity index (χ4n) is 2.06. The van der Waals surface area contributed by atoms with Gasteiger partial charge in [-0.05, 0) is 24.6 Å². The lowest BCUT2D eigenvalue weighted by Gasteiger charge is -2.12. The first-order chi connectivity index (χ1) is 10.2. The molecule has 3 aromatic rings. The number of hydrogen-bond donors (Lipinski definition) is 1. The number of methoxy groups -OCH3 is 1. The zero-order valence-electron chi connectivity index (χ0n) is 12.1. The highest BCUT2D eigenvalue weighted by atomic mass is 16.5. The third-order valence-corrected chi connectivity index (χ3v) is 3.13. The zero-order valence-corrected chi connectivity index (χ0v) is 12.1. The van der Waals surface area contributed by atoms with Crippen LogP contribution in [0.3, 0.4) is 0 Å². The third kappa shape index (κ3) is 2.47. The molecule has 6 heteroatoms.